The van der Waals surface area contributed by atoms with Crippen molar-refractivity contribution >= 4 is 0 Å². The van der Waals surface area contributed by atoms with E-state index >= 15 is 0 Å². The molecular formula is C14H23N3. The van der Waals surface area contributed by atoms with Crippen molar-refractivity contribution in [3.8, 4) is 12.3 Å². The molecule has 0 saturated carbocycles. The minimum absolute atomic E-state index is 0.342. The number of aryl methyl sites for hydroxylation is 2. The van der Waals surface area contributed by atoms with Crippen molar-refractivity contribution in [3.63, 3.8) is 0 Å². The van der Waals surface area contributed by atoms with Gasteiger partial charge in [0.1, 0.15) is 0 Å². The Balaban J connectivity index is 2.82. The molecule has 0 radical (unpaired) electrons. The van der Waals surface area contributed by atoms with Crippen LogP contribution in [0.5, 0.6) is 0 Å². The molecule has 3 heteroatoms. The number of rotatable bonds is 7. The van der Waals surface area contributed by atoms with Crippen molar-refractivity contribution in [3.05, 3.63) is 17.5 Å². The molecule has 1 aromatic heterocycles. The molecule has 0 aliphatic rings. The molecule has 0 aromatic carbocycles. The van der Waals surface area contributed by atoms with Crippen LogP contribution in [0, 0.1) is 12.3 Å². The van der Waals surface area contributed by atoms with Gasteiger partial charge in [0, 0.05) is 31.3 Å². The van der Waals surface area contributed by atoms with Crippen LogP contribution in [0.1, 0.15) is 50.4 Å². The van der Waals surface area contributed by atoms with E-state index in [2.05, 4.69) is 36.4 Å². The third-order valence-corrected chi connectivity index (χ3v) is 2.87. The van der Waals surface area contributed by atoms with E-state index < -0.39 is 0 Å². The summed E-state index contributed by atoms with van der Waals surface area (Å²) in [6.07, 6.45) is 11.4. The molecule has 1 aromatic rings. The van der Waals surface area contributed by atoms with Crippen LogP contribution in [0.4, 0.5) is 0 Å². The van der Waals surface area contributed by atoms with Crippen LogP contribution in [-0.4, -0.2) is 16.3 Å². The molecule has 0 saturated heterocycles. The number of nitrogens with zero attached hydrogens (tertiary/aromatic N) is 2. The lowest BCUT2D eigenvalue weighted by atomic mass is 10.0. The summed E-state index contributed by atoms with van der Waals surface area (Å²) in [6, 6.07) is 0.342. The van der Waals surface area contributed by atoms with Gasteiger partial charge < -0.3 is 5.32 Å². The van der Waals surface area contributed by atoms with E-state index in [9.17, 15) is 0 Å². The highest BCUT2D eigenvalue weighted by molar-refractivity contribution is 5.21. The number of nitrogens with one attached hydrogen (secondary N) is 1. The van der Waals surface area contributed by atoms with E-state index in [0.29, 0.717) is 6.04 Å². The smallest absolute Gasteiger partial charge is 0.0669 e. The third kappa shape index (κ3) is 3.90. The van der Waals surface area contributed by atoms with E-state index in [4.69, 9.17) is 6.42 Å². The summed E-state index contributed by atoms with van der Waals surface area (Å²) in [7, 11) is 1.97. The lowest BCUT2D eigenvalue weighted by Crippen LogP contribution is -2.22. The van der Waals surface area contributed by atoms with Gasteiger partial charge in [0.15, 0.2) is 0 Å². The third-order valence-electron chi connectivity index (χ3n) is 2.87. The van der Waals surface area contributed by atoms with Gasteiger partial charge >= 0.3 is 0 Å². The molecule has 0 aliphatic carbocycles. The Bertz CT molecular complexity index is 373. The molecule has 17 heavy (non-hydrogen) atoms. The average molecular weight is 233 g/mol. The molecule has 1 atom stereocenters. The first-order chi connectivity index (χ1) is 8.22. The summed E-state index contributed by atoms with van der Waals surface area (Å²) in [5.74, 6) is 2.72. The zero-order valence-corrected chi connectivity index (χ0v) is 11.2. The molecule has 0 fully saturated rings. The number of hydrogen-bond acceptors (Lipinski definition) is 2. The predicted molar refractivity (Wildman–Crippen MR) is 71.7 cm³/mol. The number of terminal acetylenes is 1. The standard InChI is InChI=1S/C14H23N3/c1-5-8-9-14(15-10-6-2)12-11-17(4)16-13(12)7-3/h1,11,14-15H,6-10H2,2-4H3. The Morgan fingerprint density at radius 1 is 1.53 bits per heavy atom. The van der Waals surface area contributed by atoms with Gasteiger partial charge in [0.05, 0.1) is 5.69 Å². The molecule has 0 bridgehead atoms. The summed E-state index contributed by atoms with van der Waals surface area (Å²) in [5.41, 5.74) is 2.48. The first-order valence-electron chi connectivity index (χ1n) is 6.42. The fraction of sp³-hybridized carbons (Fsp3) is 0.643. The first kappa shape index (κ1) is 13.8. The average Bonchev–Trinajstić information content (AvgIpc) is 2.70. The Hall–Kier alpha value is -1.27. The van der Waals surface area contributed by atoms with Gasteiger partial charge in [-0.25, -0.2) is 0 Å². The van der Waals surface area contributed by atoms with Crippen LogP contribution in [0.25, 0.3) is 0 Å². The van der Waals surface area contributed by atoms with E-state index in [1.165, 1.54) is 11.3 Å². The van der Waals surface area contributed by atoms with Crippen LogP contribution < -0.4 is 5.32 Å². The number of aromatic nitrogens is 2. The topological polar surface area (TPSA) is 29.9 Å². The maximum atomic E-state index is 5.36. The Kier molecular flexibility index (Phi) is 5.79. The lowest BCUT2D eigenvalue weighted by molar-refractivity contribution is 0.502. The molecule has 0 spiro atoms. The molecule has 1 N–H and O–H groups in total. The van der Waals surface area contributed by atoms with Gasteiger partial charge in [0.2, 0.25) is 0 Å². The summed E-state index contributed by atoms with van der Waals surface area (Å²) in [4.78, 5) is 0. The summed E-state index contributed by atoms with van der Waals surface area (Å²) < 4.78 is 1.89. The maximum Gasteiger partial charge on any atom is 0.0669 e. The molecular weight excluding hydrogens is 210 g/mol. The highest BCUT2D eigenvalue weighted by Crippen LogP contribution is 2.21. The van der Waals surface area contributed by atoms with Gasteiger partial charge in [-0.05, 0) is 25.8 Å². The second-order valence-electron chi connectivity index (χ2n) is 4.31. The lowest BCUT2D eigenvalue weighted by Gasteiger charge is -2.17. The quantitative estimate of drug-likeness (QED) is 0.733. The van der Waals surface area contributed by atoms with Crippen LogP contribution in [-0.2, 0) is 13.5 Å². The zero-order chi connectivity index (χ0) is 12.7. The molecule has 1 unspecified atom stereocenters. The van der Waals surface area contributed by atoms with Gasteiger partial charge in [-0.1, -0.05) is 13.8 Å². The largest absolute Gasteiger partial charge is 0.310 e. The summed E-state index contributed by atoms with van der Waals surface area (Å²) >= 11 is 0. The second kappa shape index (κ2) is 7.13. The predicted octanol–water partition coefficient (Wildman–Crippen LogP) is 2.44. The SMILES string of the molecule is C#CCCC(NCCC)c1cn(C)nc1CC. The van der Waals surface area contributed by atoms with E-state index in [-0.39, 0.29) is 0 Å². The molecule has 1 rings (SSSR count). The van der Waals surface area contributed by atoms with Gasteiger partial charge in [0.25, 0.3) is 0 Å². The van der Waals surface area contributed by atoms with E-state index in [0.717, 1.165) is 32.2 Å². The van der Waals surface area contributed by atoms with Gasteiger partial charge in [-0.3, -0.25) is 4.68 Å². The van der Waals surface area contributed by atoms with E-state index in [1.54, 1.807) is 0 Å². The second-order valence-corrected chi connectivity index (χ2v) is 4.31. The summed E-state index contributed by atoms with van der Waals surface area (Å²) in [6.45, 7) is 5.34. The number of hydrogen-bond donors (Lipinski definition) is 1. The molecule has 3 nitrogen and oxygen atoms in total. The van der Waals surface area contributed by atoms with Gasteiger partial charge in [-0.15, -0.1) is 12.3 Å². The van der Waals surface area contributed by atoms with Crippen LogP contribution in [0.15, 0.2) is 6.20 Å². The van der Waals surface area contributed by atoms with Crippen LogP contribution in [0.3, 0.4) is 0 Å². The fourth-order valence-electron chi connectivity index (χ4n) is 2.03. The molecule has 0 amide bonds. The monoisotopic (exact) mass is 233 g/mol. The van der Waals surface area contributed by atoms with Crippen LogP contribution >= 0.6 is 0 Å². The van der Waals surface area contributed by atoms with E-state index in [1.807, 2.05) is 11.7 Å². The van der Waals surface area contributed by atoms with Crippen molar-refractivity contribution in [2.45, 2.75) is 45.6 Å². The van der Waals surface area contributed by atoms with Crippen molar-refractivity contribution < 1.29 is 0 Å². The maximum absolute atomic E-state index is 5.36. The van der Waals surface area contributed by atoms with Crippen molar-refractivity contribution in [2.75, 3.05) is 6.54 Å². The Morgan fingerprint density at radius 2 is 2.29 bits per heavy atom. The minimum Gasteiger partial charge on any atom is -0.310 e. The van der Waals surface area contributed by atoms with Gasteiger partial charge in [-0.2, -0.15) is 5.10 Å². The van der Waals surface area contributed by atoms with Crippen molar-refractivity contribution in [2.24, 2.45) is 7.05 Å². The Labute approximate surface area is 105 Å². The van der Waals surface area contributed by atoms with Crippen molar-refractivity contribution in [1.29, 1.82) is 0 Å². The molecule has 94 valence electrons. The molecule has 0 aliphatic heterocycles. The minimum atomic E-state index is 0.342. The normalized spacial score (nSPS) is 12.4. The molecule has 1 heterocycles. The highest BCUT2D eigenvalue weighted by atomic mass is 15.3. The van der Waals surface area contributed by atoms with Crippen molar-refractivity contribution in [1.82, 2.24) is 15.1 Å². The highest BCUT2D eigenvalue weighted by Gasteiger charge is 2.16. The fourth-order valence-corrected chi connectivity index (χ4v) is 2.03. The summed E-state index contributed by atoms with van der Waals surface area (Å²) in [5, 5.41) is 8.05. The Morgan fingerprint density at radius 3 is 2.88 bits per heavy atom. The first-order valence-corrected chi connectivity index (χ1v) is 6.42. The van der Waals surface area contributed by atoms with Crippen LogP contribution in [0.2, 0.25) is 0 Å². The zero-order valence-electron chi connectivity index (χ0n) is 11.2.